The molecule has 0 atom stereocenters. The third kappa shape index (κ3) is 2.28. The van der Waals surface area contributed by atoms with Crippen molar-refractivity contribution >= 4 is 12.0 Å². The molecule has 1 heterocycles. The Labute approximate surface area is 77.9 Å². The minimum Gasteiger partial charge on any atom is -0.261 e. The van der Waals surface area contributed by atoms with Crippen LogP contribution in [0.2, 0.25) is 0 Å². The minimum atomic E-state index is 0.705. The van der Waals surface area contributed by atoms with Crippen LogP contribution in [-0.2, 0) is 0 Å². The van der Waals surface area contributed by atoms with Crippen molar-refractivity contribution in [1.82, 2.24) is 4.98 Å². The second-order valence-corrected chi connectivity index (χ2v) is 3.40. The lowest BCUT2D eigenvalue weighted by Crippen LogP contribution is -1.95. The zero-order valence-electron chi connectivity index (χ0n) is 7.70. The summed E-state index contributed by atoms with van der Waals surface area (Å²) in [7, 11) is 0. The van der Waals surface area contributed by atoms with Crippen molar-refractivity contribution in [1.29, 1.82) is 0 Å². The number of pyridine rings is 1. The van der Waals surface area contributed by atoms with Crippen LogP contribution in [0.25, 0.3) is 0 Å². The van der Waals surface area contributed by atoms with Crippen LogP contribution in [0.15, 0.2) is 23.4 Å². The average molecular weight is 175 g/mol. The molecule has 1 aliphatic rings. The summed E-state index contributed by atoms with van der Waals surface area (Å²) >= 11 is 0. The standard InChI is InChI=1S/C10H13N3/c1-8-3-2-6-11-10(8)13-12-7-9-4-5-9/h2-3,6-7,9H,4-5H2,1H3,(H,11,13)/b12-7+. The number of anilines is 1. The van der Waals surface area contributed by atoms with Gasteiger partial charge in [0.15, 0.2) is 0 Å². The van der Waals surface area contributed by atoms with E-state index in [2.05, 4.69) is 15.5 Å². The van der Waals surface area contributed by atoms with E-state index in [1.807, 2.05) is 25.3 Å². The van der Waals surface area contributed by atoms with E-state index in [1.165, 1.54) is 12.8 Å². The van der Waals surface area contributed by atoms with Gasteiger partial charge in [0.25, 0.3) is 0 Å². The third-order valence-corrected chi connectivity index (χ3v) is 2.09. The van der Waals surface area contributed by atoms with Crippen molar-refractivity contribution < 1.29 is 0 Å². The van der Waals surface area contributed by atoms with Gasteiger partial charge in [-0.05, 0) is 37.3 Å². The zero-order chi connectivity index (χ0) is 9.10. The molecule has 3 nitrogen and oxygen atoms in total. The number of nitrogens with one attached hydrogen (secondary N) is 1. The van der Waals surface area contributed by atoms with Crippen LogP contribution in [-0.4, -0.2) is 11.2 Å². The molecule has 1 aromatic rings. The number of hydrazone groups is 1. The van der Waals surface area contributed by atoms with Gasteiger partial charge in [-0.3, -0.25) is 5.43 Å². The zero-order valence-corrected chi connectivity index (χ0v) is 7.70. The Morgan fingerprint density at radius 3 is 3.15 bits per heavy atom. The van der Waals surface area contributed by atoms with E-state index >= 15 is 0 Å². The van der Waals surface area contributed by atoms with Crippen LogP contribution in [0.3, 0.4) is 0 Å². The van der Waals surface area contributed by atoms with E-state index in [4.69, 9.17) is 0 Å². The van der Waals surface area contributed by atoms with Crippen LogP contribution >= 0.6 is 0 Å². The molecule has 0 bridgehead atoms. The molecule has 1 fully saturated rings. The Bertz CT molecular complexity index is 316. The third-order valence-electron chi connectivity index (χ3n) is 2.09. The van der Waals surface area contributed by atoms with Gasteiger partial charge in [-0.2, -0.15) is 5.10 Å². The summed E-state index contributed by atoms with van der Waals surface area (Å²) in [5.41, 5.74) is 4.06. The van der Waals surface area contributed by atoms with E-state index in [0.717, 1.165) is 11.4 Å². The fourth-order valence-corrected chi connectivity index (χ4v) is 1.05. The van der Waals surface area contributed by atoms with Crippen LogP contribution in [0.5, 0.6) is 0 Å². The van der Waals surface area contributed by atoms with Crippen molar-refractivity contribution in [2.75, 3.05) is 5.43 Å². The Morgan fingerprint density at radius 1 is 1.62 bits per heavy atom. The smallest absolute Gasteiger partial charge is 0.149 e. The first-order valence-electron chi connectivity index (χ1n) is 4.57. The van der Waals surface area contributed by atoms with E-state index < -0.39 is 0 Å². The van der Waals surface area contributed by atoms with Crippen molar-refractivity contribution in [3.05, 3.63) is 23.9 Å². The normalized spacial score (nSPS) is 16.4. The first-order chi connectivity index (χ1) is 6.36. The fraction of sp³-hybridized carbons (Fsp3) is 0.400. The van der Waals surface area contributed by atoms with Gasteiger partial charge in [0, 0.05) is 12.4 Å². The van der Waals surface area contributed by atoms with Crippen molar-refractivity contribution in [3.63, 3.8) is 0 Å². The molecule has 0 unspecified atom stereocenters. The number of nitrogens with zero attached hydrogens (tertiary/aromatic N) is 2. The molecule has 1 N–H and O–H groups in total. The van der Waals surface area contributed by atoms with Gasteiger partial charge in [0.05, 0.1) is 0 Å². The van der Waals surface area contributed by atoms with Gasteiger partial charge in [-0.1, -0.05) is 6.07 Å². The van der Waals surface area contributed by atoms with Gasteiger partial charge in [0.2, 0.25) is 0 Å². The molecular formula is C10H13N3. The molecule has 0 radical (unpaired) electrons. The monoisotopic (exact) mass is 175 g/mol. The summed E-state index contributed by atoms with van der Waals surface area (Å²) in [6, 6.07) is 3.94. The Morgan fingerprint density at radius 2 is 2.46 bits per heavy atom. The topological polar surface area (TPSA) is 37.3 Å². The summed E-state index contributed by atoms with van der Waals surface area (Å²) in [5, 5.41) is 4.13. The molecule has 0 amide bonds. The van der Waals surface area contributed by atoms with Crippen LogP contribution in [0, 0.1) is 12.8 Å². The summed E-state index contributed by atoms with van der Waals surface area (Å²) in [6.45, 7) is 2.02. The maximum atomic E-state index is 4.17. The molecule has 1 saturated carbocycles. The van der Waals surface area contributed by atoms with E-state index in [-0.39, 0.29) is 0 Å². The summed E-state index contributed by atoms with van der Waals surface area (Å²) in [4.78, 5) is 4.17. The maximum Gasteiger partial charge on any atom is 0.149 e. The highest BCUT2D eigenvalue weighted by Gasteiger charge is 2.18. The first kappa shape index (κ1) is 8.23. The van der Waals surface area contributed by atoms with E-state index in [0.29, 0.717) is 5.92 Å². The van der Waals surface area contributed by atoms with Crippen LogP contribution in [0.1, 0.15) is 18.4 Å². The van der Waals surface area contributed by atoms with Gasteiger partial charge in [-0.15, -0.1) is 0 Å². The largest absolute Gasteiger partial charge is 0.261 e. The summed E-state index contributed by atoms with van der Waals surface area (Å²) < 4.78 is 0. The molecule has 13 heavy (non-hydrogen) atoms. The Balaban J connectivity index is 1.96. The highest BCUT2D eigenvalue weighted by molar-refractivity contribution is 5.65. The highest BCUT2D eigenvalue weighted by atomic mass is 15.3. The van der Waals surface area contributed by atoms with Gasteiger partial charge in [-0.25, -0.2) is 4.98 Å². The second-order valence-electron chi connectivity index (χ2n) is 3.40. The number of hydrogen-bond acceptors (Lipinski definition) is 3. The Hall–Kier alpha value is -1.38. The second kappa shape index (κ2) is 3.56. The fourth-order valence-electron chi connectivity index (χ4n) is 1.05. The Kier molecular flexibility index (Phi) is 2.25. The number of rotatable bonds is 3. The molecule has 2 rings (SSSR count). The number of aryl methyl sites for hydroxylation is 1. The van der Waals surface area contributed by atoms with E-state index in [9.17, 15) is 0 Å². The summed E-state index contributed by atoms with van der Waals surface area (Å²) in [5.74, 6) is 1.55. The van der Waals surface area contributed by atoms with Gasteiger partial charge >= 0.3 is 0 Å². The molecular weight excluding hydrogens is 162 g/mol. The molecule has 1 aromatic heterocycles. The van der Waals surface area contributed by atoms with Crippen LogP contribution < -0.4 is 5.43 Å². The van der Waals surface area contributed by atoms with Gasteiger partial charge < -0.3 is 0 Å². The average Bonchev–Trinajstić information content (AvgIpc) is 2.92. The first-order valence-corrected chi connectivity index (χ1v) is 4.57. The lowest BCUT2D eigenvalue weighted by Gasteiger charge is -2.01. The predicted molar refractivity (Wildman–Crippen MR) is 53.8 cm³/mol. The van der Waals surface area contributed by atoms with Crippen LogP contribution in [0.4, 0.5) is 5.82 Å². The predicted octanol–water partition coefficient (Wildman–Crippen LogP) is 2.20. The molecule has 0 aromatic carbocycles. The SMILES string of the molecule is Cc1cccnc1N/N=C/C1CC1. The molecule has 68 valence electrons. The summed E-state index contributed by atoms with van der Waals surface area (Å²) in [6.07, 6.45) is 6.30. The molecule has 0 aliphatic heterocycles. The lowest BCUT2D eigenvalue weighted by molar-refractivity contribution is 1.16. The lowest BCUT2D eigenvalue weighted by atomic mass is 10.3. The van der Waals surface area contributed by atoms with Gasteiger partial charge in [0.1, 0.15) is 5.82 Å². The van der Waals surface area contributed by atoms with Crippen molar-refractivity contribution in [3.8, 4) is 0 Å². The molecule has 3 heteroatoms. The maximum absolute atomic E-state index is 4.17. The molecule has 1 aliphatic carbocycles. The minimum absolute atomic E-state index is 0.705. The van der Waals surface area contributed by atoms with E-state index in [1.54, 1.807) is 6.20 Å². The molecule has 0 saturated heterocycles. The van der Waals surface area contributed by atoms with Crippen molar-refractivity contribution in [2.45, 2.75) is 19.8 Å². The molecule has 0 spiro atoms. The van der Waals surface area contributed by atoms with Crippen molar-refractivity contribution in [2.24, 2.45) is 11.0 Å². The highest BCUT2D eigenvalue weighted by Crippen LogP contribution is 2.26. The number of aromatic nitrogens is 1. The number of hydrogen-bond donors (Lipinski definition) is 1. The quantitative estimate of drug-likeness (QED) is 0.565.